The summed E-state index contributed by atoms with van der Waals surface area (Å²) >= 11 is 1.95. The van der Waals surface area contributed by atoms with Gasteiger partial charge in [0, 0.05) is 28.2 Å². The van der Waals surface area contributed by atoms with Crippen LogP contribution in [0, 0.1) is 0 Å². The summed E-state index contributed by atoms with van der Waals surface area (Å²) in [7, 11) is 0. The summed E-state index contributed by atoms with van der Waals surface area (Å²) in [5.74, 6) is 0. The van der Waals surface area contributed by atoms with Crippen LogP contribution in [0.3, 0.4) is 0 Å². The SMILES string of the molecule is CCCNC1CCCc2cn(Cc3ccc(CC)s3)cc21. The molecule has 0 bridgehead atoms. The molecular weight excluding hydrogens is 276 g/mol. The van der Waals surface area contributed by atoms with Crippen LogP contribution in [0.4, 0.5) is 0 Å². The average molecular weight is 302 g/mol. The van der Waals surface area contributed by atoms with Crippen LogP contribution in [0.15, 0.2) is 24.5 Å². The van der Waals surface area contributed by atoms with Crippen molar-refractivity contribution < 1.29 is 0 Å². The van der Waals surface area contributed by atoms with Gasteiger partial charge in [-0.2, -0.15) is 0 Å². The van der Waals surface area contributed by atoms with Crippen molar-refractivity contribution >= 4 is 11.3 Å². The number of thiophene rings is 1. The fraction of sp³-hybridized carbons (Fsp3) is 0.556. The Morgan fingerprint density at radius 1 is 1.24 bits per heavy atom. The Morgan fingerprint density at radius 3 is 2.86 bits per heavy atom. The molecule has 0 aromatic carbocycles. The minimum atomic E-state index is 0.574. The summed E-state index contributed by atoms with van der Waals surface area (Å²) in [5, 5.41) is 3.71. The summed E-state index contributed by atoms with van der Waals surface area (Å²) < 4.78 is 2.39. The molecule has 0 spiro atoms. The Kier molecular flexibility index (Phi) is 4.81. The van der Waals surface area contributed by atoms with Crippen LogP contribution < -0.4 is 5.32 Å². The Labute approximate surface area is 132 Å². The fourth-order valence-electron chi connectivity index (χ4n) is 3.25. The molecule has 1 N–H and O–H groups in total. The lowest BCUT2D eigenvalue weighted by atomic mass is 9.91. The number of nitrogens with one attached hydrogen (secondary N) is 1. The largest absolute Gasteiger partial charge is 0.348 e. The maximum Gasteiger partial charge on any atom is 0.0563 e. The predicted molar refractivity (Wildman–Crippen MR) is 91.2 cm³/mol. The molecule has 0 aliphatic heterocycles. The van der Waals surface area contributed by atoms with Gasteiger partial charge in [-0.15, -0.1) is 11.3 Å². The average Bonchev–Trinajstić information content (AvgIpc) is 3.11. The summed E-state index contributed by atoms with van der Waals surface area (Å²) in [6, 6.07) is 5.13. The van der Waals surface area contributed by atoms with Crippen molar-refractivity contribution in [3.8, 4) is 0 Å². The van der Waals surface area contributed by atoms with Crippen LogP contribution in [0.5, 0.6) is 0 Å². The molecule has 1 atom stereocenters. The van der Waals surface area contributed by atoms with E-state index in [-0.39, 0.29) is 0 Å². The highest BCUT2D eigenvalue weighted by atomic mass is 32.1. The molecule has 1 aliphatic carbocycles. The molecule has 0 saturated heterocycles. The first kappa shape index (κ1) is 14.9. The summed E-state index contributed by atoms with van der Waals surface area (Å²) in [6.45, 7) is 6.62. The topological polar surface area (TPSA) is 17.0 Å². The zero-order chi connectivity index (χ0) is 14.7. The van der Waals surface area contributed by atoms with Crippen molar-refractivity contribution in [2.45, 2.75) is 58.5 Å². The molecule has 2 nitrogen and oxygen atoms in total. The van der Waals surface area contributed by atoms with E-state index < -0.39 is 0 Å². The van der Waals surface area contributed by atoms with Crippen molar-refractivity contribution in [1.29, 1.82) is 0 Å². The van der Waals surface area contributed by atoms with Crippen molar-refractivity contribution in [3.05, 3.63) is 45.4 Å². The van der Waals surface area contributed by atoms with E-state index in [1.54, 1.807) is 11.1 Å². The zero-order valence-electron chi connectivity index (χ0n) is 13.2. The zero-order valence-corrected chi connectivity index (χ0v) is 14.0. The highest BCUT2D eigenvalue weighted by molar-refractivity contribution is 7.11. The lowest BCUT2D eigenvalue weighted by molar-refractivity contribution is 0.462. The van der Waals surface area contributed by atoms with Gasteiger partial charge in [-0.1, -0.05) is 13.8 Å². The Morgan fingerprint density at radius 2 is 2.10 bits per heavy atom. The molecule has 0 amide bonds. The van der Waals surface area contributed by atoms with Gasteiger partial charge in [0.2, 0.25) is 0 Å². The molecule has 21 heavy (non-hydrogen) atoms. The van der Waals surface area contributed by atoms with Crippen LogP contribution >= 0.6 is 11.3 Å². The second-order valence-electron chi connectivity index (χ2n) is 6.03. The number of fused-ring (bicyclic) bond motifs is 1. The highest BCUT2D eigenvalue weighted by Gasteiger charge is 2.21. The van der Waals surface area contributed by atoms with Crippen LogP contribution in [0.2, 0.25) is 0 Å². The number of aromatic nitrogens is 1. The minimum Gasteiger partial charge on any atom is -0.348 e. The number of hydrogen-bond donors (Lipinski definition) is 1. The van der Waals surface area contributed by atoms with E-state index >= 15 is 0 Å². The minimum absolute atomic E-state index is 0.574. The van der Waals surface area contributed by atoms with Crippen LogP contribution in [-0.4, -0.2) is 11.1 Å². The molecular formula is C18H26N2S. The smallest absolute Gasteiger partial charge is 0.0563 e. The number of nitrogens with zero attached hydrogens (tertiary/aromatic N) is 1. The molecule has 0 radical (unpaired) electrons. The first-order chi connectivity index (χ1) is 10.3. The maximum atomic E-state index is 3.71. The molecule has 1 unspecified atom stereocenters. The van der Waals surface area contributed by atoms with Crippen molar-refractivity contribution in [2.75, 3.05) is 6.54 Å². The molecule has 0 saturated carbocycles. The third-order valence-electron chi connectivity index (χ3n) is 4.36. The van der Waals surface area contributed by atoms with Gasteiger partial charge in [0.1, 0.15) is 0 Å². The Hall–Kier alpha value is -1.06. The van der Waals surface area contributed by atoms with E-state index in [0.29, 0.717) is 6.04 Å². The summed E-state index contributed by atoms with van der Waals surface area (Å²) in [6.07, 6.45) is 11.0. The number of aryl methyl sites for hydroxylation is 2. The van der Waals surface area contributed by atoms with Gasteiger partial charge in [-0.25, -0.2) is 0 Å². The van der Waals surface area contributed by atoms with E-state index in [9.17, 15) is 0 Å². The van der Waals surface area contributed by atoms with Gasteiger partial charge in [-0.3, -0.25) is 0 Å². The van der Waals surface area contributed by atoms with Crippen LogP contribution in [0.25, 0.3) is 0 Å². The second-order valence-corrected chi connectivity index (χ2v) is 7.28. The van der Waals surface area contributed by atoms with E-state index in [2.05, 4.69) is 48.3 Å². The summed E-state index contributed by atoms with van der Waals surface area (Å²) in [5.41, 5.74) is 3.10. The monoisotopic (exact) mass is 302 g/mol. The molecule has 3 heteroatoms. The molecule has 2 aromatic heterocycles. The Balaban J connectivity index is 1.74. The molecule has 1 aliphatic rings. The van der Waals surface area contributed by atoms with Crippen molar-refractivity contribution in [3.63, 3.8) is 0 Å². The first-order valence-electron chi connectivity index (χ1n) is 8.29. The third kappa shape index (κ3) is 3.41. The van der Waals surface area contributed by atoms with E-state index in [0.717, 1.165) is 19.5 Å². The Bertz CT molecular complexity index is 582. The standard InChI is InChI=1S/C18H26N2S/c1-3-10-19-18-7-5-6-14-11-20(13-17(14)18)12-16-9-8-15(4-2)21-16/h8-9,11,13,18-19H,3-7,10,12H2,1-2H3. The quantitative estimate of drug-likeness (QED) is 0.829. The lowest BCUT2D eigenvalue weighted by Crippen LogP contribution is -2.24. The molecule has 0 fully saturated rings. The molecule has 114 valence electrons. The van der Waals surface area contributed by atoms with Crippen LogP contribution in [0.1, 0.15) is 60.0 Å². The van der Waals surface area contributed by atoms with E-state index in [1.807, 2.05) is 11.3 Å². The lowest BCUT2D eigenvalue weighted by Gasteiger charge is -2.23. The summed E-state index contributed by atoms with van der Waals surface area (Å²) in [4.78, 5) is 2.96. The highest BCUT2D eigenvalue weighted by Crippen LogP contribution is 2.31. The van der Waals surface area contributed by atoms with E-state index in [4.69, 9.17) is 0 Å². The van der Waals surface area contributed by atoms with Crippen molar-refractivity contribution in [2.24, 2.45) is 0 Å². The van der Waals surface area contributed by atoms with Crippen molar-refractivity contribution in [1.82, 2.24) is 9.88 Å². The second kappa shape index (κ2) is 6.80. The maximum absolute atomic E-state index is 3.71. The van der Waals surface area contributed by atoms with Crippen LogP contribution in [-0.2, 0) is 19.4 Å². The van der Waals surface area contributed by atoms with Gasteiger partial charge in [-0.05, 0) is 61.9 Å². The normalized spacial score (nSPS) is 17.9. The van der Waals surface area contributed by atoms with Gasteiger partial charge < -0.3 is 9.88 Å². The molecule has 3 rings (SSSR count). The van der Waals surface area contributed by atoms with Gasteiger partial charge in [0.25, 0.3) is 0 Å². The molecule has 2 heterocycles. The first-order valence-corrected chi connectivity index (χ1v) is 9.11. The van der Waals surface area contributed by atoms with Gasteiger partial charge >= 0.3 is 0 Å². The third-order valence-corrected chi connectivity index (χ3v) is 5.57. The molecule has 2 aromatic rings. The number of rotatable bonds is 6. The van der Waals surface area contributed by atoms with Gasteiger partial charge in [0.05, 0.1) is 6.54 Å². The van der Waals surface area contributed by atoms with Gasteiger partial charge in [0.15, 0.2) is 0 Å². The predicted octanol–water partition coefficient (Wildman–Crippen LogP) is 4.54. The number of hydrogen-bond acceptors (Lipinski definition) is 2. The fourth-order valence-corrected chi connectivity index (χ4v) is 4.21. The van der Waals surface area contributed by atoms with E-state index in [1.165, 1.54) is 35.4 Å².